The van der Waals surface area contributed by atoms with Gasteiger partial charge in [-0.05, 0) is 24.7 Å². The molecule has 1 aromatic heterocycles. The predicted octanol–water partition coefficient (Wildman–Crippen LogP) is 2.72. The standard InChI is InChI=1S/C11H12ClFN4O/c1-2-14-6-10-16-17-11(18-10)15-9-4-3-7(13)5-8(9)12/h3-5,14H,2,6H2,1H3,(H,15,17). The lowest BCUT2D eigenvalue weighted by molar-refractivity contribution is 0.484. The summed E-state index contributed by atoms with van der Waals surface area (Å²) in [5.41, 5.74) is 0.511. The normalized spacial score (nSPS) is 10.6. The fraction of sp³-hybridized carbons (Fsp3) is 0.273. The number of halogens is 2. The lowest BCUT2D eigenvalue weighted by Gasteiger charge is -2.03. The van der Waals surface area contributed by atoms with Crippen LogP contribution in [0.1, 0.15) is 12.8 Å². The fourth-order valence-corrected chi connectivity index (χ4v) is 1.53. The molecule has 0 saturated carbocycles. The number of anilines is 2. The van der Waals surface area contributed by atoms with Gasteiger partial charge < -0.3 is 15.1 Å². The Kier molecular flexibility index (Phi) is 4.11. The van der Waals surface area contributed by atoms with E-state index in [1.807, 2.05) is 6.92 Å². The Morgan fingerprint density at radius 3 is 2.94 bits per heavy atom. The van der Waals surface area contributed by atoms with Gasteiger partial charge in [-0.1, -0.05) is 23.6 Å². The van der Waals surface area contributed by atoms with Gasteiger partial charge in [-0.3, -0.25) is 0 Å². The van der Waals surface area contributed by atoms with Crippen molar-refractivity contribution >= 4 is 23.3 Å². The molecule has 2 N–H and O–H groups in total. The molecule has 2 aromatic rings. The second-order valence-corrected chi connectivity index (χ2v) is 3.94. The maximum absolute atomic E-state index is 12.9. The van der Waals surface area contributed by atoms with Crippen molar-refractivity contribution < 1.29 is 8.81 Å². The third kappa shape index (κ3) is 3.18. The molecule has 18 heavy (non-hydrogen) atoms. The molecule has 0 radical (unpaired) electrons. The van der Waals surface area contributed by atoms with Crippen LogP contribution in [0.2, 0.25) is 5.02 Å². The number of aromatic nitrogens is 2. The van der Waals surface area contributed by atoms with Crippen LogP contribution in [-0.4, -0.2) is 16.7 Å². The van der Waals surface area contributed by atoms with Crippen LogP contribution in [0, 0.1) is 5.82 Å². The van der Waals surface area contributed by atoms with E-state index in [2.05, 4.69) is 20.8 Å². The second-order valence-electron chi connectivity index (χ2n) is 3.53. The molecular weight excluding hydrogens is 259 g/mol. The molecule has 5 nitrogen and oxygen atoms in total. The number of nitrogens with one attached hydrogen (secondary N) is 2. The summed E-state index contributed by atoms with van der Waals surface area (Å²) in [7, 11) is 0. The molecule has 0 aliphatic rings. The average molecular weight is 271 g/mol. The Bertz CT molecular complexity index is 532. The lowest BCUT2D eigenvalue weighted by atomic mass is 10.3. The van der Waals surface area contributed by atoms with E-state index in [0.717, 1.165) is 6.54 Å². The van der Waals surface area contributed by atoms with Crippen molar-refractivity contribution in [3.8, 4) is 0 Å². The van der Waals surface area contributed by atoms with Crippen LogP contribution in [0.25, 0.3) is 0 Å². The monoisotopic (exact) mass is 270 g/mol. The van der Waals surface area contributed by atoms with Gasteiger partial charge in [0.05, 0.1) is 17.3 Å². The number of hydrogen-bond donors (Lipinski definition) is 2. The minimum Gasteiger partial charge on any atom is -0.406 e. The maximum Gasteiger partial charge on any atom is 0.320 e. The molecule has 0 aliphatic carbocycles. The average Bonchev–Trinajstić information content (AvgIpc) is 2.78. The van der Waals surface area contributed by atoms with E-state index in [-0.39, 0.29) is 11.0 Å². The zero-order valence-electron chi connectivity index (χ0n) is 9.70. The van der Waals surface area contributed by atoms with Crippen LogP contribution in [0.3, 0.4) is 0 Å². The van der Waals surface area contributed by atoms with Gasteiger partial charge in [-0.15, -0.1) is 5.10 Å². The Morgan fingerprint density at radius 2 is 2.22 bits per heavy atom. The Balaban J connectivity index is 2.06. The smallest absolute Gasteiger partial charge is 0.320 e. The summed E-state index contributed by atoms with van der Waals surface area (Å²) in [6.45, 7) is 3.30. The van der Waals surface area contributed by atoms with Crippen molar-refractivity contribution in [1.82, 2.24) is 15.5 Å². The molecule has 0 fully saturated rings. The number of hydrogen-bond acceptors (Lipinski definition) is 5. The third-order valence-corrected chi connectivity index (χ3v) is 2.48. The largest absolute Gasteiger partial charge is 0.406 e. The first-order valence-corrected chi connectivity index (χ1v) is 5.82. The van der Waals surface area contributed by atoms with Gasteiger partial charge in [0, 0.05) is 0 Å². The molecule has 1 heterocycles. The first kappa shape index (κ1) is 12.8. The van der Waals surface area contributed by atoms with Crippen molar-refractivity contribution in [3.63, 3.8) is 0 Å². The Labute approximate surface area is 108 Å². The molecule has 0 aliphatic heterocycles. The number of rotatable bonds is 5. The summed E-state index contributed by atoms with van der Waals surface area (Å²) < 4.78 is 18.2. The molecule has 0 atom stereocenters. The number of benzene rings is 1. The summed E-state index contributed by atoms with van der Waals surface area (Å²) in [5, 5.41) is 13.8. The fourth-order valence-electron chi connectivity index (χ4n) is 1.31. The molecule has 1 aromatic carbocycles. The van der Waals surface area contributed by atoms with E-state index in [1.54, 1.807) is 0 Å². The molecular formula is C11H12ClFN4O. The van der Waals surface area contributed by atoms with Gasteiger partial charge in [-0.25, -0.2) is 4.39 Å². The van der Waals surface area contributed by atoms with Crippen molar-refractivity contribution in [3.05, 3.63) is 34.9 Å². The van der Waals surface area contributed by atoms with Crippen molar-refractivity contribution in [2.75, 3.05) is 11.9 Å². The maximum atomic E-state index is 12.9. The van der Waals surface area contributed by atoms with Gasteiger partial charge in [0.25, 0.3) is 0 Å². The molecule has 96 valence electrons. The van der Waals surface area contributed by atoms with Gasteiger partial charge in [-0.2, -0.15) is 0 Å². The highest BCUT2D eigenvalue weighted by Crippen LogP contribution is 2.25. The van der Waals surface area contributed by atoms with E-state index in [0.29, 0.717) is 18.1 Å². The molecule has 0 bridgehead atoms. The Hall–Kier alpha value is -1.66. The number of nitrogens with zero attached hydrogens (tertiary/aromatic N) is 2. The van der Waals surface area contributed by atoms with Crippen LogP contribution in [0.4, 0.5) is 16.1 Å². The quantitative estimate of drug-likeness (QED) is 0.875. The minimum absolute atomic E-state index is 0.219. The third-order valence-electron chi connectivity index (χ3n) is 2.17. The predicted molar refractivity (Wildman–Crippen MR) is 66.4 cm³/mol. The summed E-state index contributed by atoms with van der Waals surface area (Å²) >= 11 is 5.87. The molecule has 0 unspecified atom stereocenters. The lowest BCUT2D eigenvalue weighted by Crippen LogP contribution is -2.11. The SMILES string of the molecule is CCNCc1nnc(Nc2ccc(F)cc2Cl)o1. The molecule has 7 heteroatoms. The summed E-state index contributed by atoms with van der Waals surface area (Å²) in [6.07, 6.45) is 0. The molecule has 0 spiro atoms. The van der Waals surface area contributed by atoms with Crippen LogP contribution in [0.5, 0.6) is 0 Å². The zero-order chi connectivity index (χ0) is 13.0. The summed E-state index contributed by atoms with van der Waals surface area (Å²) in [4.78, 5) is 0. The first-order valence-electron chi connectivity index (χ1n) is 5.44. The highest BCUT2D eigenvalue weighted by molar-refractivity contribution is 6.33. The highest BCUT2D eigenvalue weighted by Gasteiger charge is 2.08. The van der Waals surface area contributed by atoms with Gasteiger partial charge >= 0.3 is 6.01 Å². The highest BCUT2D eigenvalue weighted by atomic mass is 35.5. The van der Waals surface area contributed by atoms with Crippen LogP contribution in [-0.2, 0) is 6.54 Å². The van der Waals surface area contributed by atoms with Crippen molar-refractivity contribution in [1.29, 1.82) is 0 Å². The van der Waals surface area contributed by atoms with Gasteiger partial charge in [0.15, 0.2) is 0 Å². The summed E-state index contributed by atoms with van der Waals surface area (Å²) in [5.74, 6) is 0.0708. The van der Waals surface area contributed by atoms with E-state index in [4.69, 9.17) is 16.0 Å². The second kappa shape index (κ2) is 5.79. The van der Waals surface area contributed by atoms with E-state index in [1.165, 1.54) is 18.2 Å². The summed E-state index contributed by atoms with van der Waals surface area (Å²) in [6, 6.07) is 4.23. The molecule has 0 saturated heterocycles. The van der Waals surface area contributed by atoms with E-state index >= 15 is 0 Å². The first-order chi connectivity index (χ1) is 8.69. The molecule has 0 amide bonds. The van der Waals surface area contributed by atoms with E-state index in [9.17, 15) is 4.39 Å². The van der Waals surface area contributed by atoms with E-state index < -0.39 is 5.82 Å². The minimum atomic E-state index is -0.399. The van der Waals surface area contributed by atoms with Crippen LogP contribution < -0.4 is 10.6 Å². The van der Waals surface area contributed by atoms with Crippen molar-refractivity contribution in [2.45, 2.75) is 13.5 Å². The van der Waals surface area contributed by atoms with Gasteiger partial charge in [0.2, 0.25) is 5.89 Å². The van der Waals surface area contributed by atoms with Crippen molar-refractivity contribution in [2.24, 2.45) is 0 Å². The van der Waals surface area contributed by atoms with Crippen LogP contribution >= 0.6 is 11.6 Å². The topological polar surface area (TPSA) is 63.0 Å². The Morgan fingerprint density at radius 1 is 1.39 bits per heavy atom. The van der Waals surface area contributed by atoms with Crippen LogP contribution in [0.15, 0.2) is 22.6 Å². The molecule has 2 rings (SSSR count). The zero-order valence-corrected chi connectivity index (χ0v) is 10.5. The van der Waals surface area contributed by atoms with Gasteiger partial charge in [0.1, 0.15) is 5.82 Å².